The van der Waals surface area contributed by atoms with Crippen LogP contribution in [0.25, 0.3) is 0 Å². The Balaban J connectivity index is 1.91. The van der Waals surface area contributed by atoms with Gasteiger partial charge in [0.1, 0.15) is 23.0 Å². The summed E-state index contributed by atoms with van der Waals surface area (Å²) in [5, 5.41) is 0. The second kappa shape index (κ2) is 7.31. The third-order valence-corrected chi connectivity index (χ3v) is 5.14. The molecule has 0 spiro atoms. The van der Waals surface area contributed by atoms with Gasteiger partial charge in [-0.15, -0.1) is 0 Å². The van der Waals surface area contributed by atoms with Crippen molar-refractivity contribution in [3.63, 3.8) is 0 Å². The minimum absolute atomic E-state index is 0.177. The van der Waals surface area contributed by atoms with E-state index >= 15 is 0 Å². The van der Waals surface area contributed by atoms with Crippen LogP contribution < -0.4 is 9.47 Å². The molecule has 3 aromatic rings. The van der Waals surface area contributed by atoms with Gasteiger partial charge in [0.15, 0.2) is 5.78 Å². The first-order valence-electron chi connectivity index (χ1n) is 9.14. The van der Waals surface area contributed by atoms with Crippen LogP contribution in [-0.2, 0) is 4.79 Å². The summed E-state index contributed by atoms with van der Waals surface area (Å²) in [4.78, 5) is 26.1. The Kier molecular flexibility index (Phi) is 4.70. The van der Waals surface area contributed by atoms with Crippen LogP contribution in [0.1, 0.15) is 34.3 Å². The van der Waals surface area contributed by atoms with Gasteiger partial charge in [-0.2, -0.15) is 0 Å². The summed E-state index contributed by atoms with van der Waals surface area (Å²) >= 11 is 0. The van der Waals surface area contributed by atoms with E-state index in [9.17, 15) is 9.59 Å². The van der Waals surface area contributed by atoms with Gasteiger partial charge in [0, 0.05) is 22.6 Å². The van der Waals surface area contributed by atoms with Gasteiger partial charge >= 0.3 is 0 Å². The molecule has 0 radical (unpaired) electrons. The van der Waals surface area contributed by atoms with Crippen molar-refractivity contribution in [3.05, 3.63) is 89.5 Å². The van der Waals surface area contributed by atoms with Crippen LogP contribution in [0.3, 0.4) is 0 Å². The zero-order valence-corrected chi connectivity index (χ0v) is 15.7. The molecule has 0 saturated heterocycles. The van der Waals surface area contributed by atoms with E-state index in [0.717, 1.165) is 11.1 Å². The Bertz CT molecular complexity index is 1040. The average Bonchev–Trinajstić information content (AvgIpc) is 2.73. The van der Waals surface area contributed by atoms with Gasteiger partial charge in [0.2, 0.25) is 0 Å². The molecule has 3 aromatic carbocycles. The molecular formula is C24H20O4. The van der Waals surface area contributed by atoms with Gasteiger partial charge in [0.25, 0.3) is 0 Å². The topological polar surface area (TPSA) is 52.6 Å². The second-order valence-electron chi connectivity index (χ2n) is 6.84. The predicted molar refractivity (Wildman–Crippen MR) is 106 cm³/mol. The molecule has 0 aliphatic carbocycles. The number of ether oxygens (including phenoxy) is 2. The van der Waals surface area contributed by atoms with Gasteiger partial charge < -0.3 is 9.47 Å². The first-order valence-corrected chi connectivity index (χ1v) is 9.14. The van der Waals surface area contributed by atoms with E-state index in [1.807, 2.05) is 48.5 Å². The highest BCUT2D eigenvalue weighted by Crippen LogP contribution is 2.49. The number of hydrogen-bond acceptors (Lipinski definition) is 4. The maximum atomic E-state index is 13.4. The van der Waals surface area contributed by atoms with E-state index in [1.54, 1.807) is 31.4 Å². The van der Waals surface area contributed by atoms with Crippen molar-refractivity contribution in [2.45, 2.75) is 12.8 Å². The first-order chi connectivity index (χ1) is 13.6. The fourth-order valence-corrected chi connectivity index (χ4v) is 3.82. The lowest BCUT2D eigenvalue weighted by atomic mass is 9.74. The van der Waals surface area contributed by atoms with Crippen molar-refractivity contribution < 1.29 is 19.1 Å². The summed E-state index contributed by atoms with van der Waals surface area (Å²) in [5.74, 6) is 0.293. The smallest absolute Gasteiger partial charge is 0.174 e. The number of hydrogen-bond donors (Lipinski definition) is 0. The normalized spacial score (nSPS) is 15.6. The Morgan fingerprint density at radius 3 is 2.29 bits per heavy atom. The molecule has 28 heavy (non-hydrogen) atoms. The van der Waals surface area contributed by atoms with Gasteiger partial charge in [-0.3, -0.25) is 9.59 Å². The Hall–Kier alpha value is -3.40. The Morgan fingerprint density at radius 1 is 0.893 bits per heavy atom. The molecule has 0 amide bonds. The van der Waals surface area contributed by atoms with E-state index in [0.29, 0.717) is 22.8 Å². The standard InChI is InChI=1S/C24H20O4/c1-15(25)22(24(26)16-8-4-3-5-9-16)23-18-10-6-7-11-20(18)28-21-13-12-17(27-2)14-19(21)23/h3-14,22-23H,1-2H3/t22-,23+/m0/s1. The van der Waals surface area contributed by atoms with Crippen molar-refractivity contribution >= 4 is 11.6 Å². The van der Waals surface area contributed by atoms with E-state index in [4.69, 9.17) is 9.47 Å². The largest absolute Gasteiger partial charge is 0.497 e. The highest BCUT2D eigenvalue weighted by atomic mass is 16.5. The Morgan fingerprint density at radius 2 is 1.57 bits per heavy atom. The lowest BCUT2D eigenvalue weighted by molar-refractivity contribution is -0.119. The molecule has 2 atom stereocenters. The number of carbonyl (C=O) groups is 2. The molecule has 4 nitrogen and oxygen atoms in total. The molecule has 4 heteroatoms. The minimum Gasteiger partial charge on any atom is -0.497 e. The zero-order chi connectivity index (χ0) is 19.7. The molecule has 1 aliphatic heterocycles. The van der Waals surface area contributed by atoms with Crippen LogP contribution in [0.4, 0.5) is 0 Å². The zero-order valence-electron chi connectivity index (χ0n) is 15.7. The van der Waals surface area contributed by atoms with Crippen LogP contribution in [0.5, 0.6) is 17.2 Å². The molecule has 1 aliphatic rings. The van der Waals surface area contributed by atoms with Crippen LogP contribution in [-0.4, -0.2) is 18.7 Å². The molecule has 140 valence electrons. The summed E-state index contributed by atoms with van der Waals surface area (Å²) < 4.78 is 11.4. The molecule has 0 aromatic heterocycles. The van der Waals surface area contributed by atoms with Crippen molar-refractivity contribution in [2.24, 2.45) is 5.92 Å². The molecule has 0 fully saturated rings. The number of fused-ring (bicyclic) bond motifs is 2. The van der Waals surface area contributed by atoms with Gasteiger partial charge in [0.05, 0.1) is 13.0 Å². The van der Waals surface area contributed by atoms with Crippen molar-refractivity contribution in [1.82, 2.24) is 0 Å². The van der Waals surface area contributed by atoms with Gasteiger partial charge in [-0.25, -0.2) is 0 Å². The van der Waals surface area contributed by atoms with Crippen molar-refractivity contribution in [1.29, 1.82) is 0 Å². The summed E-state index contributed by atoms with van der Waals surface area (Å²) in [7, 11) is 1.59. The number of Topliss-reactive ketones (excluding diaryl/α,β-unsaturated/α-hetero) is 2. The molecular weight excluding hydrogens is 352 g/mol. The fraction of sp³-hybridized carbons (Fsp3) is 0.167. The average molecular weight is 372 g/mol. The number of para-hydroxylation sites is 1. The summed E-state index contributed by atoms with van der Waals surface area (Å²) in [6.07, 6.45) is 0. The molecule has 0 unspecified atom stereocenters. The van der Waals surface area contributed by atoms with E-state index in [-0.39, 0.29) is 11.6 Å². The van der Waals surface area contributed by atoms with Gasteiger partial charge in [-0.05, 0) is 31.2 Å². The van der Waals surface area contributed by atoms with E-state index in [2.05, 4.69) is 0 Å². The summed E-state index contributed by atoms with van der Waals surface area (Å²) in [6, 6.07) is 22.0. The van der Waals surface area contributed by atoms with Crippen LogP contribution in [0.2, 0.25) is 0 Å². The van der Waals surface area contributed by atoms with Crippen molar-refractivity contribution in [3.8, 4) is 17.2 Å². The van der Waals surface area contributed by atoms with E-state index < -0.39 is 11.8 Å². The van der Waals surface area contributed by atoms with Crippen LogP contribution >= 0.6 is 0 Å². The Labute approximate surface area is 163 Å². The SMILES string of the molecule is COc1ccc2c(c1)[C@H]([C@H](C(C)=O)C(=O)c1ccccc1)c1ccccc1O2. The van der Waals surface area contributed by atoms with Crippen LogP contribution in [0.15, 0.2) is 72.8 Å². The van der Waals surface area contributed by atoms with E-state index in [1.165, 1.54) is 6.92 Å². The number of ketones is 2. The number of benzene rings is 3. The molecule has 4 rings (SSSR count). The highest BCUT2D eigenvalue weighted by Gasteiger charge is 2.40. The van der Waals surface area contributed by atoms with Crippen molar-refractivity contribution in [2.75, 3.05) is 7.11 Å². The molecule has 1 heterocycles. The highest BCUT2D eigenvalue weighted by molar-refractivity contribution is 6.11. The molecule has 0 saturated carbocycles. The third kappa shape index (κ3) is 3.07. The quantitative estimate of drug-likeness (QED) is 0.466. The minimum atomic E-state index is -0.849. The molecule has 0 N–H and O–H groups in total. The third-order valence-electron chi connectivity index (χ3n) is 5.14. The van der Waals surface area contributed by atoms with Crippen LogP contribution in [0, 0.1) is 5.92 Å². The maximum Gasteiger partial charge on any atom is 0.174 e. The lowest BCUT2D eigenvalue weighted by Crippen LogP contribution is -2.31. The van der Waals surface area contributed by atoms with Gasteiger partial charge in [-0.1, -0.05) is 48.5 Å². The second-order valence-corrected chi connectivity index (χ2v) is 6.84. The number of carbonyl (C=O) groups excluding carboxylic acids is 2. The number of methoxy groups -OCH3 is 1. The number of rotatable bonds is 5. The summed E-state index contributed by atoms with van der Waals surface area (Å²) in [5.41, 5.74) is 2.13. The first kappa shape index (κ1) is 18.0. The lowest BCUT2D eigenvalue weighted by Gasteiger charge is -2.32. The maximum absolute atomic E-state index is 13.4. The monoisotopic (exact) mass is 372 g/mol. The molecule has 0 bridgehead atoms. The fourth-order valence-electron chi connectivity index (χ4n) is 3.82. The summed E-state index contributed by atoms with van der Waals surface area (Å²) in [6.45, 7) is 1.48. The predicted octanol–water partition coefficient (Wildman–Crippen LogP) is 5.02.